The average Bonchev–Trinajstić information content (AvgIpc) is 2.68. The molecule has 0 saturated carbocycles. The molecule has 29 heavy (non-hydrogen) atoms. The molecule has 0 saturated heterocycles. The quantitative estimate of drug-likeness (QED) is 0.402. The number of aryl methyl sites for hydroxylation is 1. The van der Waals surface area contributed by atoms with E-state index in [1.807, 2.05) is 37.3 Å². The van der Waals surface area contributed by atoms with Crippen LogP contribution in [-0.2, 0) is 10.0 Å². The molecule has 0 radical (unpaired) electrons. The Balaban J connectivity index is 1.78. The third kappa shape index (κ3) is 3.94. The van der Waals surface area contributed by atoms with Crippen molar-refractivity contribution in [3.63, 3.8) is 0 Å². The number of fused-ring (bicyclic) bond motifs is 1. The first-order valence-corrected chi connectivity index (χ1v) is 11.0. The number of rotatable bonds is 4. The highest BCUT2D eigenvalue weighted by atomic mass is 35.5. The van der Waals surface area contributed by atoms with Gasteiger partial charge in [-0.05, 0) is 54.3 Å². The molecule has 0 atom stereocenters. The van der Waals surface area contributed by atoms with Gasteiger partial charge in [-0.3, -0.25) is 9.71 Å². The SMILES string of the molecule is Cc1ccc(S(=O)(=O)Nc2ccc(Cl)c(-c3nccc4ccccc34)c2)c(Cl)c1. The Labute approximate surface area is 179 Å². The number of pyridine rings is 1. The molecule has 0 aliphatic carbocycles. The monoisotopic (exact) mass is 442 g/mol. The Bertz CT molecular complexity index is 1330. The van der Waals surface area contributed by atoms with E-state index in [-0.39, 0.29) is 9.92 Å². The smallest absolute Gasteiger partial charge is 0.263 e. The molecule has 7 heteroatoms. The fourth-order valence-electron chi connectivity index (χ4n) is 3.14. The lowest BCUT2D eigenvalue weighted by molar-refractivity contribution is 0.601. The summed E-state index contributed by atoms with van der Waals surface area (Å²) in [5, 5.41) is 2.59. The summed E-state index contributed by atoms with van der Waals surface area (Å²) in [6.07, 6.45) is 1.71. The highest BCUT2D eigenvalue weighted by molar-refractivity contribution is 7.92. The van der Waals surface area contributed by atoms with E-state index in [4.69, 9.17) is 23.2 Å². The van der Waals surface area contributed by atoms with E-state index in [9.17, 15) is 8.42 Å². The van der Waals surface area contributed by atoms with Gasteiger partial charge in [-0.15, -0.1) is 0 Å². The van der Waals surface area contributed by atoms with Crippen LogP contribution < -0.4 is 4.72 Å². The van der Waals surface area contributed by atoms with Crippen LogP contribution in [0.5, 0.6) is 0 Å². The summed E-state index contributed by atoms with van der Waals surface area (Å²) in [5.74, 6) is 0. The minimum absolute atomic E-state index is 0.0181. The summed E-state index contributed by atoms with van der Waals surface area (Å²) in [6, 6.07) is 19.5. The van der Waals surface area contributed by atoms with Gasteiger partial charge >= 0.3 is 0 Å². The Morgan fingerprint density at radius 1 is 0.897 bits per heavy atom. The second-order valence-corrected chi connectivity index (χ2v) is 9.08. The maximum absolute atomic E-state index is 12.8. The molecule has 146 valence electrons. The first-order valence-electron chi connectivity index (χ1n) is 8.78. The van der Waals surface area contributed by atoms with E-state index in [0.717, 1.165) is 16.3 Å². The maximum atomic E-state index is 12.8. The van der Waals surface area contributed by atoms with Crippen LogP contribution in [0.2, 0.25) is 10.0 Å². The average molecular weight is 443 g/mol. The zero-order chi connectivity index (χ0) is 20.6. The van der Waals surface area contributed by atoms with Crippen molar-refractivity contribution in [1.29, 1.82) is 0 Å². The lowest BCUT2D eigenvalue weighted by atomic mass is 10.0. The van der Waals surface area contributed by atoms with Crippen molar-refractivity contribution in [2.24, 2.45) is 0 Å². The van der Waals surface area contributed by atoms with E-state index < -0.39 is 10.0 Å². The van der Waals surface area contributed by atoms with Crippen molar-refractivity contribution in [3.8, 4) is 11.3 Å². The second-order valence-electron chi connectivity index (χ2n) is 6.61. The number of benzene rings is 3. The summed E-state index contributed by atoms with van der Waals surface area (Å²) in [5.41, 5.74) is 2.57. The first kappa shape index (κ1) is 19.7. The van der Waals surface area contributed by atoms with Gasteiger partial charge in [0.1, 0.15) is 4.90 Å². The van der Waals surface area contributed by atoms with Gasteiger partial charge < -0.3 is 0 Å². The van der Waals surface area contributed by atoms with Gasteiger partial charge in [0.25, 0.3) is 10.0 Å². The van der Waals surface area contributed by atoms with Crippen molar-refractivity contribution < 1.29 is 8.42 Å². The topological polar surface area (TPSA) is 59.1 Å². The number of hydrogen-bond donors (Lipinski definition) is 1. The molecule has 4 nitrogen and oxygen atoms in total. The van der Waals surface area contributed by atoms with Crippen LogP contribution in [0.1, 0.15) is 5.56 Å². The number of hydrogen-bond acceptors (Lipinski definition) is 3. The van der Waals surface area contributed by atoms with E-state index in [1.165, 1.54) is 6.07 Å². The van der Waals surface area contributed by atoms with Crippen molar-refractivity contribution >= 4 is 49.7 Å². The number of nitrogens with one attached hydrogen (secondary N) is 1. The second kappa shape index (κ2) is 7.67. The number of anilines is 1. The first-order chi connectivity index (χ1) is 13.8. The van der Waals surface area contributed by atoms with Crippen LogP contribution in [0, 0.1) is 6.92 Å². The summed E-state index contributed by atoms with van der Waals surface area (Å²) in [4.78, 5) is 4.49. The number of nitrogens with zero attached hydrogens (tertiary/aromatic N) is 1. The van der Waals surface area contributed by atoms with E-state index >= 15 is 0 Å². The van der Waals surface area contributed by atoms with Crippen LogP contribution in [0.25, 0.3) is 22.0 Å². The molecule has 0 amide bonds. The molecular weight excluding hydrogens is 427 g/mol. The molecule has 0 aliphatic heterocycles. The third-order valence-corrected chi connectivity index (χ3v) is 6.72. The Morgan fingerprint density at radius 2 is 1.69 bits per heavy atom. The standard InChI is InChI=1S/C22H16Cl2N2O2S/c1-14-6-9-21(20(24)12-14)29(27,28)26-16-7-8-19(23)18(13-16)22-17-5-3-2-4-15(17)10-11-25-22/h2-13,26H,1H3. The van der Waals surface area contributed by atoms with Gasteiger partial charge in [0.05, 0.1) is 15.7 Å². The maximum Gasteiger partial charge on any atom is 0.263 e. The molecule has 1 heterocycles. The Morgan fingerprint density at radius 3 is 2.48 bits per heavy atom. The van der Waals surface area contributed by atoms with Gasteiger partial charge in [0.15, 0.2) is 0 Å². The molecule has 0 spiro atoms. The molecular formula is C22H16Cl2N2O2S. The zero-order valence-corrected chi connectivity index (χ0v) is 17.7. The van der Waals surface area contributed by atoms with Gasteiger partial charge in [-0.25, -0.2) is 8.42 Å². The normalized spacial score (nSPS) is 11.6. The van der Waals surface area contributed by atoms with E-state index in [2.05, 4.69) is 9.71 Å². The molecule has 1 N–H and O–H groups in total. The molecule has 0 unspecified atom stereocenters. The van der Waals surface area contributed by atoms with Crippen molar-refractivity contribution in [3.05, 3.63) is 88.5 Å². The number of halogens is 2. The fourth-order valence-corrected chi connectivity index (χ4v) is 5.00. The summed E-state index contributed by atoms with van der Waals surface area (Å²) in [7, 11) is -3.86. The zero-order valence-electron chi connectivity index (χ0n) is 15.4. The number of aromatic nitrogens is 1. The molecule has 0 aliphatic rings. The van der Waals surface area contributed by atoms with Crippen molar-refractivity contribution in [2.45, 2.75) is 11.8 Å². The Kier molecular flexibility index (Phi) is 5.21. The highest BCUT2D eigenvalue weighted by Gasteiger charge is 2.19. The van der Waals surface area contributed by atoms with Crippen LogP contribution in [0.3, 0.4) is 0 Å². The lowest BCUT2D eigenvalue weighted by Gasteiger charge is -2.13. The fraction of sp³-hybridized carbons (Fsp3) is 0.0455. The third-order valence-electron chi connectivity index (χ3n) is 4.52. The molecule has 0 bridgehead atoms. The van der Waals surface area contributed by atoms with E-state index in [0.29, 0.717) is 22.0 Å². The van der Waals surface area contributed by atoms with Gasteiger partial charge in [0, 0.05) is 22.8 Å². The highest BCUT2D eigenvalue weighted by Crippen LogP contribution is 2.34. The van der Waals surface area contributed by atoms with Crippen LogP contribution >= 0.6 is 23.2 Å². The summed E-state index contributed by atoms with van der Waals surface area (Å²) in [6.45, 7) is 1.85. The Hall–Kier alpha value is -2.60. The lowest BCUT2D eigenvalue weighted by Crippen LogP contribution is -2.13. The van der Waals surface area contributed by atoms with Crippen molar-refractivity contribution in [1.82, 2.24) is 4.98 Å². The molecule has 3 aromatic carbocycles. The van der Waals surface area contributed by atoms with Crippen molar-refractivity contribution in [2.75, 3.05) is 4.72 Å². The molecule has 0 fully saturated rings. The predicted octanol–water partition coefficient (Wildman–Crippen LogP) is 6.32. The molecule has 1 aromatic heterocycles. The van der Waals surface area contributed by atoms with Crippen LogP contribution in [-0.4, -0.2) is 13.4 Å². The largest absolute Gasteiger partial charge is 0.280 e. The minimum atomic E-state index is -3.86. The molecule has 4 aromatic rings. The van der Waals surface area contributed by atoms with Gasteiger partial charge in [-0.2, -0.15) is 0 Å². The summed E-state index contributed by atoms with van der Waals surface area (Å²) >= 11 is 12.6. The van der Waals surface area contributed by atoms with Gasteiger partial charge in [0.2, 0.25) is 0 Å². The minimum Gasteiger partial charge on any atom is -0.280 e. The van der Waals surface area contributed by atoms with Crippen LogP contribution in [0.4, 0.5) is 5.69 Å². The predicted molar refractivity (Wildman–Crippen MR) is 119 cm³/mol. The number of sulfonamides is 1. The van der Waals surface area contributed by atoms with Gasteiger partial charge in [-0.1, -0.05) is 53.5 Å². The van der Waals surface area contributed by atoms with Crippen LogP contribution in [0.15, 0.2) is 77.8 Å². The summed E-state index contributed by atoms with van der Waals surface area (Å²) < 4.78 is 28.3. The van der Waals surface area contributed by atoms with E-state index in [1.54, 1.807) is 36.5 Å². The molecule has 4 rings (SSSR count).